The van der Waals surface area contributed by atoms with E-state index < -0.39 is 5.97 Å². The van der Waals surface area contributed by atoms with Crippen LogP contribution in [-0.4, -0.2) is 17.1 Å². The van der Waals surface area contributed by atoms with Crippen molar-refractivity contribution in [3.05, 3.63) is 17.9 Å². The Balaban J connectivity index is 1.47. The summed E-state index contributed by atoms with van der Waals surface area (Å²) in [5, 5.41) is 12.1. The quantitative estimate of drug-likeness (QED) is 0.841. The van der Waals surface area contributed by atoms with Gasteiger partial charge in [-0.25, -0.2) is 4.79 Å². The number of furan rings is 1. The van der Waals surface area contributed by atoms with Crippen molar-refractivity contribution in [3.63, 3.8) is 0 Å². The fourth-order valence-electron chi connectivity index (χ4n) is 4.21. The Kier molecular flexibility index (Phi) is 1.72. The normalized spacial score (nSPS) is 41.3. The molecule has 1 aromatic rings. The van der Waals surface area contributed by atoms with Crippen molar-refractivity contribution in [3.8, 4) is 0 Å². The SMILES string of the molecule is O=C(O)c1ccc(NC2C3C4CCC(C4)C23)o1. The Morgan fingerprint density at radius 1 is 1.29 bits per heavy atom. The molecule has 4 unspecified atom stereocenters. The highest BCUT2D eigenvalue weighted by Crippen LogP contribution is 2.66. The third-order valence-electron chi connectivity index (χ3n) is 4.86. The standard InChI is InChI=1S/C13H15NO3/c15-13(16)8-3-4-9(17-8)14-12-10-6-1-2-7(5-6)11(10)12/h3-4,6-7,10-12,14H,1-2,5H2,(H,15,16). The summed E-state index contributed by atoms with van der Waals surface area (Å²) < 4.78 is 5.24. The molecule has 0 spiro atoms. The average Bonchev–Trinajstić information content (AvgIpc) is 2.76. The molecule has 3 aliphatic carbocycles. The first-order chi connectivity index (χ1) is 8.24. The van der Waals surface area contributed by atoms with Gasteiger partial charge in [-0.2, -0.15) is 0 Å². The summed E-state index contributed by atoms with van der Waals surface area (Å²) in [4.78, 5) is 10.7. The topological polar surface area (TPSA) is 62.5 Å². The van der Waals surface area contributed by atoms with Gasteiger partial charge in [0.1, 0.15) is 0 Å². The van der Waals surface area contributed by atoms with Crippen LogP contribution in [0.2, 0.25) is 0 Å². The number of carboxylic acids is 1. The second-order valence-electron chi connectivity index (χ2n) is 5.63. The van der Waals surface area contributed by atoms with E-state index >= 15 is 0 Å². The summed E-state index contributed by atoms with van der Waals surface area (Å²) in [6.45, 7) is 0. The molecule has 0 aliphatic heterocycles. The van der Waals surface area contributed by atoms with Crippen molar-refractivity contribution < 1.29 is 14.3 Å². The van der Waals surface area contributed by atoms with Crippen molar-refractivity contribution in [1.82, 2.24) is 0 Å². The number of hydrogen-bond acceptors (Lipinski definition) is 3. The van der Waals surface area contributed by atoms with Gasteiger partial charge in [-0.1, -0.05) is 0 Å². The molecule has 17 heavy (non-hydrogen) atoms. The summed E-state index contributed by atoms with van der Waals surface area (Å²) in [6.07, 6.45) is 4.21. The minimum Gasteiger partial charge on any atom is -0.475 e. The summed E-state index contributed by atoms with van der Waals surface area (Å²) in [5.41, 5.74) is 0. The molecule has 3 saturated carbocycles. The zero-order valence-electron chi connectivity index (χ0n) is 9.43. The second-order valence-corrected chi connectivity index (χ2v) is 5.63. The highest BCUT2D eigenvalue weighted by atomic mass is 16.4. The highest BCUT2D eigenvalue weighted by Gasteiger charge is 2.65. The predicted octanol–water partition coefficient (Wildman–Crippen LogP) is 2.43. The van der Waals surface area contributed by atoms with Crippen LogP contribution in [0.5, 0.6) is 0 Å². The molecule has 4 atom stereocenters. The van der Waals surface area contributed by atoms with E-state index in [4.69, 9.17) is 9.52 Å². The number of carbonyl (C=O) groups is 1. The molecule has 1 aromatic heterocycles. The van der Waals surface area contributed by atoms with Gasteiger partial charge in [-0.05, 0) is 49.0 Å². The maximum atomic E-state index is 10.7. The van der Waals surface area contributed by atoms with Gasteiger partial charge in [0.05, 0.1) is 0 Å². The Morgan fingerprint density at radius 2 is 2.00 bits per heavy atom. The highest BCUT2D eigenvalue weighted by molar-refractivity contribution is 5.84. The van der Waals surface area contributed by atoms with Gasteiger partial charge in [-0.15, -0.1) is 0 Å². The Hall–Kier alpha value is -1.45. The van der Waals surface area contributed by atoms with E-state index in [0.29, 0.717) is 11.9 Å². The first-order valence-corrected chi connectivity index (χ1v) is 6.33. The van der Waals surface area contributed by atoms with Crippen LogP contribution in [0, 0.1) is 23.7 Å². The van der Waals surface area contributed by atoms with Crippen molar-refractivity contribution in [2.45, 2.75) is 25.3 Å². The van der Waals surface area contributed by atoms with Gasteiger partial charge in [-0.3, -0.25) is 0 Å². The van der Waals surface area contributed by atoms with Gasteiger partial charge in [0.15, 0.2) is 5.88 Å². The zero-order valence-corrected chi connectivity index (χ0v) is 9.43. The number of rotatable bonds is 3. The molecule has 2 bridgehead atoms. The lowest BCUT2D eigenvalue weighted by Crippen LogP contribution is -2.12. The maximum absolute atomic E-state index is 10.7. The van der Waals surface area contributed by atoms with Gasteiger partial charge >= 0.3 is 5.97 Å². The van der Waals surface area contributed by atoms with E-state index in [1.807, 2.05) is 0 Å². The van der Waals surface area contributed by atoms with Crippen LogP contribution in [-0.2, 0) is 0 Å². The van der Waals surface area contributed by atoms with E-state index in [0.717, 1.165) is 23.7 Å². The predicted molar refractivity (Wildman–Crippen MR) is 60.9 cm³/mol. The lowest BCUT2D eigenvalue weighted by molar-refractivity contribution is 0.0663. The summed E-state index contributed by atoms with van der Waals surface area (Å²) in [6, 6.07) is 3.77. The van der Waals surface area contributed by atoms with E-state index in [2.05, 4.69) is 5.32 Å². The van der Waals surface area contributed by atoms with Crippen LogP contribution >= 0.6 is 0 Å². The molecule has 90 valence electrons. The van der Waals surface area contributed by atoms with Crippen molar-refractivity contribution in [2.24, 2.45) is 23.7 Å². The van der Waals surface area contributed by atoms with Crippen LogP contribution in [0.3, 0.4) is 0 Å². The Bertz CT molecular complexity index is 465. The minimum atomic E-state index is -1.01. The minimum absolute atomic E-state index is 0.0151. The third kappa shape index (κ3) is 1.27. The molecule has 0 radical (unpaired) electrons. The lowest BCUT2D eigenvalue weighted by Gasteiger charge is -2.09. The molecule has 4 heteroatoms. The number of anilines is 1. The smallest absolute Gasteiger partial charge is 0.371 e. The van der Waals surface area contributed by atoms with Gasteiger partial charge < -0.3 is 14.8 Å². The molecule has 4 rings (SSSR count). The fourth-order valence-corrected chi connectivity index (χ4v) is 4.21. The number of fused-ring (bicyclic) bond motifs is 5. The van der Waals surface area contributed by atoms with Gasteiger partial charge in [0.2, 0.25) is 5.76 Å². The number of hydrogen-bond donors (Lipinski definition) is 2. The largest absolute Gasteiger partial charge is 0.475 e. The number of carboxylic acid groups (broad SMARTS) is 1. The monoisotopic (exact) mass is 233 g/mol. The molecule has 4 nitrogen and oxygen atoms in total. The van der Waals surface area contributed by atoms with E-state index in [-0.39, 0.29) is 5.76 Å². The van der Waals surface area contributed by atoms with E-state index in [1.54, 1.807) is 6.07 Å². The van der Waals surface area contributed by atoms with Crippen molar-refractivity contribution in [2.75, 3.05) is 5.32 Å². The number of aromatic carboxylic acids is 1. The first kappa shape index (κ1) is 9.57. The molecule has 0 saturated heterocycles. The van der Waals surface area contributed by atoms with E-state index in [9.17, 15) is 4.79 Å². The van der Waals surface area contributed by atoms with Crippen LogP contribution in [0.15, 0.2) is 16.5 Å². The molecule has 0 amide bonds. The molecule has 0 aromatic carbocycles. The third-order valence-corrected chi connectivity index (χ3v) is 4.86. The van der Waals surface area contributed by atoms with Gasteiger partial charge in [0, 0.05) is 12.1 Å². The summed E-state index contributed by atoms with van der Waals surface area (Å²) >= 11 is 0. The Labute approximate surface area is 99.0 Å². The van der Waals surface area contributed by atoms with Crippen LogP contribution < -0.4 is 5.32 Å². The van der Waals surface area contributed by atoms with Crippen LogP contribution in [0.1, 0.15) is 29.8 Å². The molecular formula is C13H15NO3. The van der Waals surface area contributed by atoms with Crippen LogP contribution in [0.25, 0.3) is 0 Å². The molecular weight excluding hydrogens is 218 g/mol. The molecule has 2 N–H and O–H groups in total. The molecule has 1 heterocycles. The summed E-state index contributed by atoms with van der Waals surface area (Å²) in [5.74, 6) is 3.10. The van der Waals surface area contributed by atoms with Crippen molar-refractivity contribution >= 4 is 11.9 Å². The zero-order chi connectivity index (χ0) is 11.6. The average molecular weight is 233 g/mol. The lowest BCUT2D eigenvalue weighted by atomic mass is 10.0. The second kappa shape index (κ2) is 3.06. The Morgan fingerprint density at radius 3 is 2.59 bits per heavy atom. The van der Waals surface area contributed by atoms with Crippen molar-refractivity contribution in [1.29, 1.82) is 0 Å². The van der Waals surface area contributed by atoms with E-state index in [1.165, 1.54) is 25.3 Å². The number of nitrogens with one attached hydrogen (secondary N) is 1. The molecule has 3 aliphatic rings. The first-order valence-electron chi connectivity index (χ1n) is 6.33. The van der Waals surface area contributed by atoms with Gasteiger partial charge in [0.25, 0.3) is 0 Å². The summed E-state index contributed by atoms with van der Waals surface area (Å²) in [7, 11) is 0. The molecule has 3 fully saturated rings. The fraction of sp³-hybridized carbons (Fsp3) is 0.615. The van der Waals surface area contributed by atoms with Crippen LogP contribution in [0.4, 0.5) is 5.88 Å². The maximum Gasteiger partial charge on any atom is 0.371 e.